The van der Waals surface area contributed by atoms with Crippen molar-refractivity contribution in [3.63, 3.8) is 0 Å². The minimum atomic E-state index is -3.66. The summed E-state index contributed by atoms with van der Waals surface area (Å²) in [6.45, 7) is 13.0. The maximum absolute atomic E-state index is 11.6. The largest absolute Gasteiger partial charge is 0.491 e. The Morgan fingerprint density at radius 1 is 0.741 bits per heavy atom. The molecule has 2 aromatic heterocycles. The van der Waals surface area contributed by atoms with E-state index in [4.69, 9.17) is 53.4 Å². The lowest BCUT2D eigenvalue weighted by atomic mass is 9.94. The van der Waals surface area contributed by atoms with Crippen molar-refractivity contribution in [1.29, 1.82) is 10.5 Å². The summed E-state index contributed by atoms with van der Waals surface area (Å²) in [5.41, 5.74) is 8.45. The number of piperazine rings is 2. The van der Waals surface area contributed by atoms with Crippen molar-refractivity contribution in [2.75, 3.05) is 106 Å². The third-order valence-corrected chi connectivity index (χ3v) is 14.3. The molecule has 4 aromatic carbocycles. The summed E-state index contributed by atoms with van der Waals surface area (Å²) in [6, 6.07) is 37.5. The van der Waals surface area contributed by atoms with Gasteiger partial charge in [-0.3, -0.25) is 14.4 Å². The lowest BCUT2D eigenvalue weighted by Gasteiger charge is -2.45. The van der Waals surface area contributed by atoms with Gasteiger partial charge in [0, 0.05) is 79.4 Å². The number of amides is 1. The molecule has 4 atom stereocenters. The van der Waals surface area contributed by atoms with Crippen LogP contribution in [0.1, 0.15) is 87.5 Å². The molecular formula is C61H76Cl2N10O11S. The van der Waals surface area contributed by atoms with Gasteiger partial charge < -0.3 is 55.5 Å². The van der Waals surface area contributed by atoms with Crippen molar-refractivity contribution in [2.45, 2.75) is 70.9 Å². The Hall–Kier alpha value is -7.32. The minimum absolute atomic E-state index is 0. The molecule has 4 heterocycles. The van der Waals surface area contributed by atoms with Crippen LogP contribution in [-0.2, 0) is 30.2 Å². The number of carbonyl (C=O) groups is 1. The van der Waals surface area contributed by atoms with E-state index in [0.717, 1.165) is 48.4 Å². The number of nitrogens with one attached hydrogen (secondary N) is 2. The Kier molecular flexibility index (Phi) is 25.1. The van der Waals surface area contributed by atoms with Gasteiger partial charge in [-0.1, -0.05) is 67.0 Å². The number of pyridine rings is 2. The fraction of sp³-hybridized carbons (Fsp3) is 0.393. The number of aromatic nitrogens is 2. The molecule has 24 heteroatoms. The Balaban J connectivity index is 0.000000240. The van der Waals surface area contributed by atoms with Gasteiger partial charge in [-0.25, -0.2) is 14.8 Å². The zero-order chi connectivity index (χ0) is 61.2. The predicted molar refractivity (Wildman–Crippen MR) is 329 cm³/mol. The molecule has 0 bridgehead atoms. The zero-order valence-corrected chi connectivity index (χ0v) is 50.0. The fourth-order valence-corrected chi connectivity index (χ4v) is 9.88. The van der Waals surface area contributed by atoms with Crippen molar-refractivity contribution in [1.82, 2.24) is 20.2 Å². The molecule has 6 aromatic rings. The third-order valence-electron chi connectivity index (χ3n) is 13.2. The quantitative estimate of drug-likeness (QED) is 0.0398. The normalized spacial score (nSPS) is 16.6. The number of ether oxygens (including phenoxy) is 3. The van der Waals surface area contributed by atoms with Crippen LogP contribution in [0.4, 0.5) is 27.8 Å². The van der Waals surface area contributed by atoms with Crippen LogP contribution in [0.2, 0.25) is 10.0 Å². The lowest BCUT2D eigenvalue weighted by molar-refractivity contribution is 0.00970. The molecule has 0 unspecified atom stereocenters. The topological polar surface area (TPSA) is 302 Å². The second-order valence-corrected chi connectivity index (χ2v) is 23.7. The van der Waals surface area contributed by atoms with E-state index in [2.05, 4.69) is 51.6 Å². The standard InChI is InChI=1S/C27H30ClN5O3.C19H20ClN3O2.C14H22N2O6S.CH4/c1-27(35,21-4-9-26(30)31-16-21)18-32-10-11-33(25(17-32)19-2-5-22(28)6-3-19)24-8-7-23(36-13-12-34)14-20(24)15-29;20-16-3-1-14(2-4-16)19-13-22-7-8-23(19)18-6-5-17(25-10-9-24)11-15(18)12-21;1-13(2,3)22-12(17)16-11-7-6-10(8-15-11)14(4,18)9-21-23(5,19)20;/h2-9,14,16,25,34-35H,10-13,17-18H2,1H3,(H2,30,31);1-6,11,19,22,24H,7-10,13H2;6-8,18H,9H2,1-5H3,(H,15,16,17);1H4/t25-,27+;19-;14-;/m001./s1. The number of aliphatic hydroxyl groups is 4. The number of nitrogen functional groups attached to an aromatic ring is 1. The molecule has 8 N–H and O–H groups in total. The van der Waals surface area contributed by atoms with Crippen LogP contribution < -0.4 is 35.6 Å². The molecule has 2 aliphatic heterocycles. The van der Waals surface area contributed by atoms with Crippen LogP contribution >= 0.6 is 23.2 Å². The van der Waals surface area contributed by atoms with E-state index in [1.54, 1.807) is 58.2 Å². The molecule has 456 valence electrons. The van der Waals surface area contributed by atoms with Gasteiger partial charge in [0.2, 0.25) is 0 Å². The molecule has 1 amide bonds. The van der Waals surface area contributed by atoms with Gasteiger partial charge in [0.25, 0.3) is 10.1 Å². The van der Waals surface area contributed by atoms with Crippen LogP contribution in [0.3, 0.4) is 0 Å². The third kappa shape index (κ3) is 20.7. The van der Waals surface area contributed by atoms with Crippen molar-refractivity contribution in [3.05, 3.63) is 165 Å². The average Bonchev–Trinajstić information content (AvgIpc) is 3.54. The lowest BCUT2D eigenvalue weighted by Crippen LogP contribution is -2.52. The highest BCUT2D eigenvalue weighted by atomic mass is 35.5. The van der Waals surface area contributed by atoms with Crippen LogP contribution in [0.5, 0.6) is 11.5 Å². The molecule has 2 fully saturated rings. The first-order valence-electron chi connectivity index (χ1n) is 26.8. The number of hydrogen-bond donors (Lipinski definition) is 7. The number of halogens is 2. The van der Waals surface area contributed by atoms with Crippen molar-refractivity contribution in [3.8, 4) is 23.6 Å². The number of nitriles is 2. The average molecular weight is 1230 g/mol. The number of rotatable bonds is 18. The zero-order valence-electron chi connectivity index (χ0n) is 47.7. The number of nitrogens with zero attached hydrogens (tertiary/aromatic N) is 7. The number of nitrogens with two attached hydrogens (primary N) is 1. The smallest absolute Gasteiger partial charge is 0.413 e. The molecule has 85 heavy (non-hydrogen) atoms. The Bertz CT molecular complexity index is 3310. The van der Waals surface area contributed by atoms with Gasteiger partial charge in [0.15, 0.2) is 0 Å². The number of β-amino-alcohol motifs (C(OH)–C–C–N with tert-alkyl or cyclic N) is 1. The van der Waals surface area contributed by atoms with Gasteiger partial charge in [-0.05, 0) is 119 Å². The maximum Gasteiger partial charge on any atom is 0.413 e. The summed E-state index contributed by atoms with van der Waals surface area (Å²) < 4.78 is 42.6. The van der Waals surface area contributed by atoms with E-state index in [1.165, 1.54) is 25.3 Å². The van der Waals surface area contributed by atoms with E-state index in [9.17, 15) is 33.9 Å². The van der Waals surface area contributed by atoms with Crippen molar-refractivity contribution in [2.24, 2.45) is 0 Å². The molecule has 0 aliphatic carbocycles. The Morgan fingerprint density at radius 3 is 1.74 bits per heavy atom. The van der Waals surface area contributed by atoms with Gasteiger partial charge in [0.1, 0.15) is 65.3 Å². The predicted octanol–water partition coefficient (Wildman–Crippen LogP) is 8.31. The number of aliphatic hydroxyl groups excluding tert-OH is 2. The van der Waals surface area contributed by atoms with Crippen LogP contribution in [-0.4, -0.2) is 141 Å². The summed E-state index contributed by atoms with van der Waals surface area (Å²) in [5.74, 6) is 1.78. The molecule has 0 radical (unpaired) electrons. The summed E-state index contributed by atoms with van der Waals surface area (Å²) in [7, 11) is -3.66. The van der Waals surface area contributed by atoms with E-state index < -0.39 is 39.6 Å². The first kappa shape index (κ1) is 68.5. The van der Waals surface area contributed by atoms with Crippen LogP contribution in [0.15, 0.2) is 122 Å². The monoisotopic (exact) mass is 1230 g/mol. The van der Waals surface area contributed by atoms with Crippen LogP contribution in [0.25, 0.3) is 0 Å². The minimum Gasteiger partial charge on any atom is -0.491 e. The molecule has 21 nitrogen and oxygen atoms in total. The second-order valence-electron chi connectivity index (χ2n) is 21.2. The highest BCUT2D eigenvalue weighted by molar-refractivity contribution is 7.86. The number of carbonyl (C=O) groups excluding carboxylic acids is 1. The maximum atomic E-state index is 11.6. The van der Waals surface area contributed by atoms with Crippen LogP contribution in [0, 0.1) is 22.7 Å². The number of hydrogen-bond acceptors (Lipinski definition) is 20. The van der Waals surface area contributed by atoms with E-state index in [-0.39, 0.29) is 51.8 Å². The first-order chi connectivity index (χ1) is 39.8. The summed E-state index contributed by atoms with van der Waals surface area (Å²) >= 11 is 12.2. The SMILES string of the molecule is C.CC(C)(C)OC(=O)Nc1ccc([C@](C)(O)COS(C)(=O)=O)cn1.C[C@@](O)(CN1CCN(c2ccc(OCCO)cc2C#N)[C@H](c2ccc(Cl)cc2)C1)c1ccc(N)nc1.N#Cc1cc(OCCO)ccc1N1CCNC[C@H]1c1ccc(Cl)cc1. The van der Waals surface area contributed by atoms with Crippen molar-refractivity contribution >= 4 is 62.4 Å². The van der Waals surface area contributed by atoms with Gasteiger partial charge in [-0.2, -0.15) is 18.9 Å². The molecule has 2 aliphatic rings. The van der Waals surface area contributed by atoms with Gasteiger partial charge in [0.05, 0.1) is 60.7 Å². The summed E-state index contributed by atoms with van der Waals surface area (Å²) in [5, 5.41) is 66.1. The highest BCUT2D eigenvalue weighted by Crippen LogP contribution is 2.37. The fourth-order valence-electron chi connectivity index (χ4n) is 9.18. The molecule has 0 spiro atoms. The molecular weight excluding hydrogens is 1150 g/mol. The molecule has 0 saturated carbocycles. The van der Waals surface area contributed by atoms with Gasteiger partial charge in [-0.15, -0.1) is 0 Å². The van der Waals surface area contributed by atoms with E-state index in [1.807, 2.05) is 72.8 Å². The highest BCUT2D eigenvalue weighted by Gasteiger charge is 2.35. The number of benzene rings is 4. The van der Waals surface area contributed by atoms with Gasteiger partial charge >= 0.3 is 6.09 Å². The summed E-state index contributed by atoms with van der Waals surface area (Å²) in [4.78, 5) is 26.4. The second kappa shape index (κ2) is 31.2. The molecule has 8 rings (SSSR count). The molecule has 2 saturated heterocycles. The Labute approximate surface area is 508 Å². The summed E-state index contributed by atoms with van der Waals surface area (Å²) in [6.07, 6.45) is 3.18. The first-order valence-corrected chi connectivity index (χ1v) is 29.4. The number of anilines is 4. The Morgan fingerprint density at radius 2 is 1.26 bits per heavy atom. The van der Waals surface area contributed by atoms with Crippen molar-refractivity contribution < 1.29 is 52.0 Å². The van der Waals surface area contributed by atoms with E-state index in [0.29, 0.717) is 75.8 Å². The van der Waals surface area contributed by atoms with E-state index >= 15 is 0 Å².